The summed E-state index contributed by atoms with van der Waals surface area (Å²) in [7, 11) is 0. The van der Waals surface area contributed by atoms with Crippen LogP contribution in [0.15, 0.2) is 42.5 Å². The van der Waals surface area contributed by atoms with E-state index in [0.29, 0.717) is 50.4 Å². The molecule has 2 amide bonds. The number of carbonyl (C=O) groups is 2. The van der Waals surface area contributed by atoms with E-state index >= 15 is 0 Å². The highest BCUT2D eigenvalue weighted by Gasteiger charge is 2.33. The SMILES string of the molecule is Cc1nn(C[C@H]2COC(C)(C)O2)c(C)c1-c1ccc(OC2CCN(C(=O)Cc3ccc(O)cc3)CC2)c(C(N)=O)c1. The summed E-state index contributed by atoms with van der Waals surface area (Å²) in [6.45, 7) is 9.95. The van der Waals surface area contributed by atoms with Gasteiger partial charge in [0.05, 0.1) is 30.8 Å². The van der Waals surface area contributed by atoms with Gasteiger partial charge in [-0.25, -0.2) is 0 Å². The molecule has 1 aromatic heterocycles. The minimum Gasteiger partial charge on any atom is -0.508 e. The monoisotopic (exact) mass is 562 g/mol. The number of benzene rings is 2. The molecule has 2 aliphatic rings. The Morgan fingerprint density at radius 2 is 1.83 bits per heavy atom. The Labute approximate surface area is 240 Å². The first-order valence-corrected chi connectivity index (χ1v) is 14.0. The number of hydrogen-bond acceptors (Lipinski definition) is 7. The lowest BCUT2D eigenvalue weighted by molar-refractivity contribution is -0.140. The van der Waals surface area contributed by atoms with Gasteiger partial charge in [0.15, 0.2) is 5.79 Å². The molecule has 41 heavy (non-hydrogen) atoms. The van der Waals surface area contributed by atoms with Crippen molar-refractivity contribution in [3.63, 3.8) is 0 Å². The van der Waals surface area contributed by atoms with Gasteiger partial charge in [0.1, 0.15) is 23.7 Å². The predicted molar refractivity (Wildman–Crippen MR) is 153 cm³/mol. The number of piperidine rings is 1. The number of nitrogens with two attached hydrogens (primary N) is 1. The molecule has 2 fully saturated rings. The third kappa shape index (κ3) is 6.55. The van der Waals surface area contributed by atoms with Gasteiger partial charge in [-0.15, -0.1) is 0 Å². The number of aryl methyl sites for hydroxylation is 1. The number of amides is 2. The van der Waals surface area contributed by atoms with Gasteiger partial charge in [0.2, 0.25) is 5.91 Å². The van der Waals surface area contributed by atoms with Gasteiger partial charge in [-0.3, -0.25) is 14.3 Å². The maximum Gasteiger partial charge on any atom is 0.252 e. The van der Waals surface area contributed by atoms with Crippen molar-refractivity contribution in [1.82, 2.24) is 14.7 Å². The van der Waals surface area contributed by atoms with Crippen molar-refractivity contribution in [2.45, 2.75) is 71.5 Å². The normalized spacial score (nSPS) is 18.9. The van der Waals surface area contributed by atoms with Crippen LogP contribution >= 0.6 is 0 Å². The summed E-state index contributed by atoms with van der Waals surface area (Å²) in [4.78, 5) is 27.1. The van der Waals surface area contributed by atoms with Gasteiger partial charge >= 0.3 is 0 Å². The van der Waals surface area contributed by atoms with Crippen LogP contribution < -0.4 is 10.5 Å². The van der Waals surface area contributed by atoms with Crippen molar-refractivity contribution in [1.29, 1.82) is 0 Å². The molecule has 0 saturated carbocycles. The number of phenolic OH excluding ortho intramolecular Hbond substituents is 1. The molecule has 0 aliphatic carbocycles. The summed E-state index contributed by atoms with van der Waals surface area (Å²) in [6, 6.07) is 12.2. The van der Waals surface area contributed by atoms with E-state index in [1.807, 2.05) is 43.3 Å². The second-order valence-corrected chi connectivity index (χ2v) is 11.3. The van der Waals surface area contributed by atoms with Crippen molar-refractivity contribution in [3.05, 3.63) is 65.0 Å². The van der Waals surface area contributed by atoms with Crippen LogP contribution in [-0.4, -0.2) is 69.3 Å². The highest BCUT2D eigenvalue weighted by molar-refractivity contribution is 5.97. The lowest BCUT2D eigenvalue weighted by Gasteiger charge is -2.32. The first-order chi connectivity index (χ1) is 19.5. The fourth-order valence-electron chi connectivity index (χ4n) is 5.62. The fourth-order valence-corrected chi connectivity index (χ4v) is 5.62. The van der Waals surface area contributed by atoms with E-state index in [0.717, 1.165) is 28.1 Å². The van der Waals surface area contributed by atoms with Crippen LogP contribution in [0.2, 0.25) is 0 Å². The number of primary amides is 1. The average molecular weight is 563 g/mol. The van der Waals surface area contributed by atoms with E-state index in [2.05, 4.69) is 0 Å². The molecule has 10 nitrogen and oxygen atoms in total. The lowest BCUT2D eigenvalue weighted by atomic mass is 10.00. The number of hydrogen-bond donors (Lipinski definition) is 2. The smallest absolute Gasteiger partial charge is 0.252 e. The Morgan fingerprint density at radius 1 is 1.12 bits per heavy atom. The third-order valence-corrected chi connectivity index (χ3v) is 7.74. The van der Waals surface area contributed by atoms with Crippen LogP contribution in [0.1, 0.15) is 54.0 Å². The molecule has 0 unspecified atom stereocenters. The predicted octanol–water partition coefficient (Wildman–Crippen LogP) is 3.74. The van der Waals surface area contributed by atoms with Crippen molar-refractivity contribution in [2.75, 3.05) is 19.7 Å². The van der Waals surface area contributed by atoms with Crippen LogP contribution in [0.4, 0.5) is 0 Å². The summed E-state index contributed by atoms with van der Waals surface area (Å²) in [5.41, 5.74) is 10.5. The number of likely N-dealkylation sites (tertiary alicyclic amines) is 1. The fraction of sp³-hybridized carbons (Fsp3) is 0.452. The molecule has 3 aromatic rings. The molecule has 0 radical (unpaired) electrons. The minimum absolute atomic E-state index is 0.0401. The molecule has 2 aliphatic heterocycles. The van der Waals surface area contributed by atoms with Crippen LogP contribution in [0, 0.1) is 13.8 Å². The highest BCUT2D eigenvalue weighted by Crippen LogP contribution is 2.33. The molecule has 0 spiro atoms. The van der Waals surface area contributed by atoms with E-state index < -0.39 is 11.7 Å². The standard InChI is InChI=1S/C31H38N4O6/c1-19-29(20(2)35(33-19)17-25-18-39-31(3,4)41-25)22-7-10-27(26(16-22)30(32)38)40-24-11-13-34(14-12-24)28(37)15-21-5-8-23(36)9-6-21/h5-10,16,24-25,36H,11-15,17-18H2,1-4H3,(H2,32,38)/t25-/m0/s1. The topological polar surface area (TPSA) is 129 Å². The maximum atomic E-state index is 12.8. The molecule has 2 saturated heterocycles. The van der Waals surface area contributed by atoms with Gasteiger partial charge in [0.25, 0.3) is 5.91 Å². The number of ether oxygens (including phenoxy) is 3. The van der Waals surface area contributed by atoms with E-state index in [9.17, 15) is 14.7 Å². The van der Waals surface area contributed by atoms with Crippen molar-refractivity contribution < 1.29 is 28.9 Å². The summed E-state index contributed by atoms with van der Waals surface area (Å²) in [5, 5.41) is 14.2. The number of phenols is 1. The summed E-state index contributed by atoms with van der Waals surface area (Å²) < 4.78 is 19.8. The molecule has 3 N–H and O–H groups in total. The Bertz CT molecular complexity index is 1420. The number of aromatic nitrogens is 2. The molecular formula is C31H38N4O6. The zero-order chi connectivity index (χ0) is 29.3. The lowest BCUT2D eigenvalue weighted by Crippen LogP contribution is -2.42. The van der Waals surface area contributed by atoms with Crippen molar-refractivity contribution >= 4 is 11.8 Å². The van der Waals surface area contributed by atoms with Crippen LogP contribution in [-0.2, 0) is 27.2 Å². The summed E-state index contributed by atoms with van der Waals surface area (Å²) >= 11 is 0. The molecule has 1 atom stereocenters. The third-order valence-electron chi connectivity index (χ3n) is 7.74. The molecule has 5 rings (SSSR count). The molecule has 0 bridgehead atoms. The van der Waals surface area contributed by atoms with Crippen LogP contribution in [0.25, 0.3) is 11.1 Å². The largest absolute Gasteiger partial charge is 0.508 e. The van der Waals surface area contributed by atoms with Gasteiger partial charge in [0, 0.05) is 37.2 Å². The number of rotatable bonds is 8. The molecule has 2 aromatic carbocycles. The molecular weight excluding hydrogens is 524 g/mol. The Morgan fingerprint density at radius 3 is 2.46 bits per heavy atom. The zero-order valence-electron chi connectivity index (χ0n) is 24.1. The average Bonchev–Trinajstić information content (AvgIpc) is 3.42. The van der Waals surface area contributed by atoms with Crippen LogP contribution in [0.3, 0.4) is 0 Å². The Kier molecular flexibility index (Phi) is 8.06. The Balaban J connectivity index is 1.24. The van der Waals surface area contributed by atoms with Crippen LogP contribution in [0.5, 0.6) is 11.5 Å². The highest BCUT2D eigenvalue weighted by atomic mass is 16.7. The zero-order valence-corrected chi connectivity index (χ0v) is 24.1. The van der Waals surface area contributed by atoms with Crippen molar-refractivity contribution in [2.24, 2.45) is 5.73 Å². The molecule has 10 heteroatoms. The quantitative estimate of drug-likeness (QED) is 0.428. The van der Waals surface area contributed by atoms with E-state index in [-0.39, 0.29) is 30.3 Å². The molecule has 218 valence electrons. The van der Waals surface area contributed by atoms with Gasteiger partial charge < -0.3 is 30.0 Å². The second-order valence-electron chi connectivity index (χ2n) is 11.3. The number of carbonyl (C=O) groups excluding carboxylic acids is 2. The maximum absolute atomic E-state index is 12.8. The Hall–Kier alpha value is -3.89. The summed E-state index contributed by atoms with van der Waals surface area (Å²) in [6.07, 6.45) is 1.35. The van der Waals surface area contributed by atoms with E-state index in [1.54, 1.807) is 36.4 Å². The first kappa shape index (κ1) is 28.6. The van der Waals surface area contributed by atoms with Gasteiger partial charge in [-0.05, 0) is 63.1 Å². The minimum atomic E-state index is -0.601. The van der Waals surface area contributed by atoms with Crippen molar-refractivity contribution in [3.8, 4) is 22.6 Å². The van der Waals surface area contributed by atoms with E-state index in [4.69, 9.17) is 25.0 Å². The number of nitrogens with zero attached hydrogens (tertiary/aromatic N) is 3. The van der Waals surface area contributed by atoms with Gasteiger partial charge in [-0.2, -0.15) is 5.10 Å². The number of aromatic hydroxyl groups is 1. The van der Waals surface area contributed by atoms with Gasteiger partial charge in [-0.1, -0.05) is 18.2 Å². The first-order valence-electron chi connectivity index (χ1n) is 14.0. The molecule has 3 heterocycles. The van der Waals surface area contributed by atoms with E-state index in [1.165, 1.54) is 0 Å². The second kappa shape index (κ2) is 11.5. The summed E-state index contributed by atoms with van der Waals surface area (Å²) in [5.74, 6) is -0.507.